The first kappa shape index (κ1) is 38.5. The molecule has 0 saturated heterocycles. The number of nitrogens with one attached hydrogen (secondary N) is 1. The lowest BCUT2D eigenvalue weighted by Gasteiger charge is -2.04. The van der Waals surface area contributed by atoms with Gasteiger partial charge in [-0.2, -0.15) is 16.8 Å². The van der Waals surface area contributed by atoms with Crippen molar-refractivity contribution < 1.29 is 30.7 Å². The second-order valence-corrected chi connectivity index (χ2v) is 7.51. The van der Waals surface area contributed by atoms with Crippen molar-refractivity contribution in [3.8, 4) is 0 Å². The van der Waals surface area contributed by atoms with Gasteiger partial charge in [-0.3, -0.25) is 13.9 Å². The van der Waals surface area contributed by atoms with Crippen LogP contribution in [0.5, 0.6) is 0 Å². The molecule has 1 amide bonds. The Balaban J connectivity index is -0.0000000482. The van der Waals surface area contributed by atoms with Gasteiger partial charge in [-0.05, 0) is 13.8 Å². The summed E-state index contributed by atoms with van der Waals surface area (Å²) in [5.74, 6) is -0.921. The molecule has 0 heterocycles. The van der Waals surface area contributed by atoms with Crippen molar-refractivity contribution in [1.82, 2.24) is 5.32 Å². The summed E-state index contributed by atoms with van der Waals surface area (Å²) >= 11 is 3.15. The normalized spacial score (nSPS) is 10.2. The lowest BCUT2D eigenvalue weighted by atomic mass is 9.81. The van der Waals surface area contributed by atoms with E-state index in [1.54, 1.807) is 0 Å². The highest BCUT2D eigenvalue weighted by Gasteiger charge is 2.24. The maximum Gasteiger partial charge on any atom is 0.276 e. The molecule has 3 N–H and O–H groups in total. The molecule has 0 aromatic rings. The Morgan fingerprint density at radius 1 is 1.13 bits per heavy atom. The third kappa shape index (κ3) is 39.1. The second kappa shape index (κ2) is 21.9. The quantitative estimate of drug-likeness (QED) is 0.336. The van der Waals surface area contributed by atoms with Crippen molar-refractivity contribution in [2.45, 2.75) is 40.9 Å². The van der Waals surface area contributed by atoms with Crippen LogP contribution in [-0.2, 0) is 25.0 Å². The van der Waals surface area contributed by atoms with Crippen LogP contribution in [-0.4, -0.2) is 70.7 Å². The van der Waals surface area contributed by atoms with Crippen molar-refractivity contribution in [2.24, 2.45) is 0 Å². The number of halogens is 1. The van der Waals surface area contributed by atoms with Gasteiger partial charge >= 0.3 is 0 Å². The Morgan fingerprint density at radius 3 is 1.39 bits per heavy atom. The Hall–Kier alpha value is -0.100. The van der Waals surface area contributed by atoms with Crippen molar-refractivity contribution in [3.63, 3.8) is 0 Å². The first-order valence-corrected chi connectivity index (χ1v) is 9.63. The minimum absolute atomic E-state index is 0. The minimum Gasteiger partial charge on any atom is -0.358 e. The largest absolute Gasteiger partial charge is 0.358 e. The van der Waals surface area contributed by atoms with E-state index in [1.165, 1.54) is 14.0 Å². The summed E-state index contributed by atoms with van der Waals surface area (Å²) < 4.78 is 55.7. The monoisotopic (exact) mass is 439 g/mol. The average Bonchev–Trinajstić information content (AvgIpc) is 2.39. The molecule has 0 fully saturated rings. The van der Waals surface area contributed by atoms with E-state index in [-0.39, 0.29) is 20.6 Å². The average molecular weight is 440 g/mol. The van der Waals surface area contributed by atoms with Crippen LogP contribution in [0.3, 0.4) is 0 Å². The predicted octanol–water partition coefficient (Wildman–Crippen LogP) is 0.815. The number of rotatable bonds is 3. The summed E-state index contributed by atoms with van der Waals surface area (Å²) in [6.45, 7) is 4.52. The summed E-state index contributed by atoms with van der Waals surface area (Å²) in [6.07, 6.45) is 0. The number of hydrogen-bond acceptors (Lipinski definition) is 5. The molecule has 4 radical (unpaired) electrons. The molecule has 1 unspecified atom stereocenters. The van der Waals surface area contributed by atoms with E-state index in [1.807, 2.05) is 6.92 Å². The van der Waals surface area contributed by atoms with Crippen LogP contribution in [0.1, 0.15) is 35.6 Å². The van der Waals surface area contributed by atoms with Gasteiger partial charge in [-0.15, -0.1) is 0 Å². The number of amides is 1. The molecule has 0 aliphatic carbocycles. The maximum absolute atomic E-state index is 10.5. The van der Waals surface area contributed by atoms with Gasteiger partial charge in [0, 0.05) is 27.9 Å². The number of alkyl halides is 1. The third-order valence-corrected chi connectivity index (χ3v) is 3.26. The van der Waals surface area contributed by atoms with Gasteiger partial charge in [-0.25, -0.2) is 0 Å². The van der Waals surface area contributed by atoms with E-state index < -0.39 is 31.4 Å². The maximum atomic E-state index is 10.5. The fraction of sp³-hybridized carbons (Fsp3) is 0.900. The molecule has 23 heavy (non-hydrogen) atoms. The Labute approximate surface area is 152 Å². The summed E-state index contributed by atoms with van der Waals surface area (Å²) in [7, 11) is 1.41. The Kier molecular flexibility index (Phi) is 36.6. The lowest BCUT2D eigenvalue weighted by Crippen LogP contribution is -2.35. The van der Waals surface area contributed by atoms with E-state index in [0.717, 1.165) is 12.3 Å². The van der Waals surface area contributed by atoms with E-state index in [0.29, 0.717) is 0 Å². The van der Waals surface area contributed by atoms with Gasteiger partial charge in [0.25, 0.3) is 20.2 Å². The fourth-order valence-corrected chi connectivity index (χ4v) is 0.727. The zero-order valence-corrected chi connectivity index (χ0v) is 15.5. The molecule has 140 valence electrons. The molecule has 0 saturated carbocycles. The highest BCUT2D eigenvalue weighted by atomic mass is 79.9. The zero-order chi connectivity index (χ0) is 18.3. The summed E-state index contributed by atoms with van der Waals surface area (Å²) in [5, 5.41) is 1.76. The standard InChI is InChI=1S/C4H9NO4S.C2H5Br.C2H6O3S.2CH4.B2/c1-3(4(6)5-2)10(7,8)9;1-2-3;1-2-6(3,4)5;;;1-2/h3H,1-2H3,(H,5,6)(H,7,8,9);2H2,1H3;2H2,1H3,(H,3,4,5);2*1H4;. The molecule has 0 aromatic heterocycles. The van der Waals surface area contributed by atoms with Crippen LogP contribution >= 0.6 is 15.9 Å². The van der Waals surface area contributed by atoms with Gasteiger partial charge in [0.1, 0.15) is 0 Å². The SMILES string of the molecule is C.C.CCBr.CCS(=O)(=O)O.CNC(=O)C(C)S(=O)(=O)O.[B][B]. The van der Waals surface area contributed by atoms with Crippen LogP contribution in [0.2, 0.25) is 0 Å². The molecule has 13 heteroatoms. The molecule has 0 aromatic carbocycles. The highest BCUT2D eigenvalue weighted by Crippen LogP contribution is 1.95. The van der Waals surface area contributed by atoms with E-state index in [4.69, 9.17) is 9.11 Å². The van der Waals surface area contributed by atoms with Gasteiger partial charge in [0.05, 0.1) is 5.75 Å². The summed E-state index contributed by atoms with van der Waals surface area (Å²) in [4.78, 5) is 10.5. The molecule has 0 aliphatic heterocycles. The highest BCUT2D eigenvalue weighted by molar-refractivity contribution is 9.09. The minimum atomic E-state index is -4.23. The Morgan fingerprint density at radius 2 is 1.35 bits per heavy atom. The number of carbonyl (C=O) groups excluding carboxylic acids is 1. The van der Waals surface area contributed by atoms with Crippen LogP contribution in [0.4, 0.5) is 0 Å². The van der Waals surface area contributed by atoms with Crippen molar-refractivity contribution in [3.05, 3.63) is 0 Å². The topological polar surface area (TPSA) is 138 Å². The summed E-state index contributed by atoms with van der Waals surface area (Å²) in [6, 6.07) is 0. The molecule has 0 spiro atoms. The molecule has 8 nitrogen and oxygen atoms in total. The zero-order valence-electron chi connectivity index (χ0n) is 12.3. The number of hydrogen-bond donors (Lipinski definition) is 3. The second-order valence-electron chi connectivity index (χ2n) is 2.91. The number of carbonyl (C=O) groups is 1. The van der Waals surface area contributed by atoms with Crippen LogP contribution in [0.15, 0.2) is 0 Å². The van der Waals surface area contributed by atoms with E-state index in [2.05, 4.69) is 36.7 Å². The van der Waals surface area contributed by atoms with Crippen molar-refractivity contribution in [2.75, 3.05) is 18.1 Å². The lowest BCUT2D eigenvalue weighted by molar-refractivity contribution is -0.120. The smallest absolute Gasteiger partial charge is 0.276 e. The fourth-order valence-electron chi connectivity index (χ4n) is 0.339. The molecule has 0 rings (SSSR count). The van der Waals surface area contributed by atoms with Gasteiger partial charge in [0.15, 0.2) is 5.25 Å². The van der Waals surface area contributed by atoms with Gasteiger partial charge < -0.3 is 5.32 Å². The Bertz CT molecular complexity index is 444. The molecular weight excluding hydrogens is 412 g/mol. The van der Waals surface area contributed by atoms with Crippen LogP contribution in [0, 0.1) is 0 Å². The predicted molar refractivity (Wildman–Crippen MR) is 102 cm³/mol. The first-order chi connectivity index (χ1) is 9.37. The molecular formula is C10H28B2BrNO7S2. The molecule has 0 aliphatic rings. The molecule has 0 bridgehead atoms. The van der Waals surface area contributed by atoms with Crippen LogP contribution < -0.4 is 5.32 Å². The van der Waals surface area contributed by atoms with E-state index in [9.17, 15) is 21.6 Å². The first-order valence-electron chi connectivity index (χ1n) is 5.39. The van der Waals surface area contributed by atoms with Crippen LogP contribution in [0.25, 0.3) is 0 Å². The van der Waals surface area contributed by atoms with Crippen molar-refractivity contribution in [1.29, 1.82) is 0 Å². The van der Waals surface area contributed by atoms with E-state index >= 15 is 0 Å². The summed E-state index contributed by atoms with van der Waals surface area (Å²) in [5.41, 5.74) is 0. The van der Waals surface area contributed by atoms with Gasteiger partial charge in [0.2, 0.25) is 5.91 Å². The third-order valence-electron chi connectivity index (χ3n) is 1.43. The molecule has 1 atom stereocenters. The van der Waals surface area contributed by atoms with Crippen molar-refractivity contribution >= 4 is 57.5 Å². The van der Waals surface area contributed by atoms with Gasteiger partial charge in [-0.1, -0.05) is 37.7 Å².